The van der Waals surface area contributed by atoms with Crippen molar-refractivity contribution in [3.05, 3.63) is 72.3 Å². The molecule has 0 amide bonds. The molecule has 5 heteroatoms. The van der Waals surface area contributed by atoms with E-state index in [1.54, 1.807) is 6.08 Å². The molecule has 1 saturated carbocycles. The summed E-state index contributed by atoms with van der Waals surface area (Å²) in [5.74, 6) is 1.78. The van der Waals surface area contributed by atoms with Crippen molar-refractivity contribution in [3.8, 4) is 11.5 Å². The summed E-state index contributed by atoms with van der Waals surface area (Å²) in [5, 5.41) is 0.0255. The van der Waals surface area contributed by atoms with Crippen molar-refractivity contribution < 1.29 is 19.1 Å². The second kappa shape index (κ2) is 9.31. The first-order valence-electron chi connectivity index (χ1n) is 9.75. The molecular weight excluding hydrogens is 384 g/mol. The number of esters is 1. The smallest absolute Gasteiger partial charge is 0.310 e. The lowest BCUT2D eigenvalue weighted by molar-refractivity contribution is -0.147. The van der Waals surface area contributed by atoms with Crippen LogP contribution >= 0.6 is 11.8 Å². The van der Waals surface area contributed by atoms with Crippen molar-refractivity contribution in [2.45, 2.75) is 27.4 Å². The number of carbonyl (C=O) groups excluding carboxylic acids is 2. The number of hydrogen-bond acceptors (Lipinski definition) is 5. The summed E-state index contributed by atoms with van der Waals surface area (Å²) in [4.78, 5) is 24.3. The summed E-state index contributed by atoms with van der Waals surface area (Å²) in [6.45, 7) is 6.19. The molecule has 2 atom stereocenters. The highest BCUT2D eigenvalue weighted by Gasteiger charge is 2.61. The van der Waals surface area contributed by atoms with Crippen molar-refractivity contribution in [2.75, 3.05) is 5.75 Å². The predicted molar refractivity (Wildman–Crippen MR) is 116 cm³/mol. The SMILES string of the molecule is CCSC(=O)C=C[C@H]1[C@@H](C(=O)OCc2cccc(Oc3ccccc3)c2)C1(C)C. The van der Waals surface area contributed by atoms with Crippen molar-refractivity contribution >= 4 is 22.8 Å². The molecule has 1 aliphatic carbocycles. The number of rotatable bonds is 8. The maximum Gasteiger partial charge on any atom is 0.310 e. The Bertz CT molecular complexity index is 889. The first-order chi connectivity index (χ1) is 13.9. The largest absolute Gasteiger partial charge is 0.461 e. The van der Waals surface area contributed by atoms with Crippen molar-refractivity contribution in [1.82, 2.24) is 0 Å². The van der Waals surface area contributed by atoms with Crippen LogP contribution in [-0.2, 0) is 20.9 Å². The van der Waals surface area contributed by atoms with E-state index in [1.807, 2.05) is 81.4 Å². The van der Waals surface area contributed by atoms with Gasteiger partial charge in [0.2, 0.25) is 5.12 Å². The number of hydrogen-bond donors (Lipinski definition) is 0. The molecule has 2 aromatic rings. The van der Waals surface area contributed by atoms with Gasteiger partial charge in [0, 0.05) is 0 Å². The average Bonchev–Trinajstić information content (AvgIpc) is 3.26. The molecule has 152 valence electrons. The molecule has 0 N–H and O–H groups in total. The first kappa shape index (κ1) is 21.2. The van der Waals surface area contributed by atoms with Crippen LogP contribution < -0.4 is 4.74 Å². The van der Waals surface area contributed by atoms with Crippen LogP contribution in [0.1, 0.15) is 26.3 Å². The maximum absolute atomic E-state index is 12.6. The third kappa shape index (κ3) is 5.51. The van der Waals surface area contributed by atoms with E-state index in [0.29, 0.717) is 5.75 Å². The van der Waals surface area contributed by atoms with Gasteiger partial charge in [0.1, 0.15) is 18.1 Å². The third-order valence-corrected chi connectivity index (χ3v) is 5.86. The first-order valence-corrected chi connectivity index (χ1v) is 10.7. The number of thioether (sulfide) groups is 1. The molecule has 3 rings (SSSR count). The molecule has 0 aromatic heterocycles. The second-order valence-corrected chi connectivity index (χ2v) is 8.87. The molecule has 0 saturated heterocycles. The lowest BCUT2D eigenvalue weighted by atomic mass is 10.1. The van der Waals surface area contributed by atoms with Gasteiger partial charge in [0.25, 0.3) is 0 Å². The summed E-state index contributed by atoms with van der Waals surface area (Å²) in [7, 11) is 0. The van der Waals surface area contributed by atoms with Crippen LogP contribution in [0.3, 0.4) is 0 Å². The Balaban J connectivity index is 1.55. The van der Waals surface area contributed by atoms with Gasteiger partial charge in [0.05, 0.1) is 5.92 Å². The fraction of sp³-hybridized carbons (Fsp3) is 0.333. The zero-order chi connectivity index (χ0) is 20.9. The summed E-state index contributed by atoms with van der Waals surface area (Å²) >= 11 is 1.27. The molecule has 1 fully saturated rings. The van der Waals surface area contributed by atoms with Gasteiger partial charge in [-0.2, -0.15) is 0 Å². The minimum atomic E-state index is -0.227. The fourth-order valence-electron chi connectivity index (χ4n) is 3.43. The van der Waals surface area contributed by atoms with E-state index in [9.17, 15) is 9.59 Å². The average molecular weight is 411 g/mol. The van der Waals surface area contributed by atoms with Gasteiger partial charge in [-0.25, -0.2) is 0 Å². The minimum absolute atomic E-state index is 0.0255. The van der Waals surface area contributed by atoms with E-state index in [1.165, 1.54) is 11.8 Å². The van der Waals surface area contributed by atoms with Crippen LogP contribution in [0.5, 0.6) is 11.5 Å². The van der Waals surface area contributed by atoms with Crippen LogP contribution in [0.2, 0.25) is 0 Å². The van der Waals surface area contributed by atoms with Crippen molar-refractivity contribution in [3.63, 3.8) is 0 Å². The predicted octanol–water partition coefficient (Wildman–Crippen LogP) is 5.63. The number of carbonyl (C=O) groups is 2. The highest BCUT2D eigenvalue weighted by molar-refractivity contribution is 8.14. The van der Waals surface area contributed by atoms with Gasteiger partial charge >= 0.3 is 5.97 Å². The van der Waals surface area contributed by atoms with Crippen molar-refractivity contribution in [1.29, 1.82) is 0 Å². The van der Waals surface area contributed by atoms with Gasteiger partial charge < -0.3 is 9.47 Å². The molecule has 0 bridgehead atoms. The van der Waals surface area contributed by atoms with Crippen LogP contribution in [0.25, 0.3) is 0 Å². The highest BCUT2D eigenvalue weighted by atomic mass is 32.2. The Labute approximate surface area is 176 Å². The topological polar surface area (TPSA) is 52.6 Å². The number of para-hydroxylation sites is 1. The normalized spacial score (nSPS) is 19.7. The van der Waals surface area contributed by atoms with Crippen molar-refractivity contribution in [2.24, 2.45) is 17.3 Å². The van der Waals surface area contributed by atoms with E-state index in [2.05, 4.69) is 0 Å². The number of ether oxygens (including phenoxy) is 2. The zero-order valence-corrected chi connectivity index (χ0v) is 17.8. The van der Waals surface area contributed by atoms with Gasteiger partial charge in [-0.05, 0) is 53.0 Å². The second-order valence-electron chi connectivity index (χ2n) is 7.61. The lowest BCUT2D eigenvalue weighted by Crippen LogP contribution is -2.10. The molecular formula is C24H26O4S. The summed E-state index contributed by atoms with van der Waals surface area (Å²) in [5.41, 5.74) is 0.676. The Morgan fingerprint density at radius 2 is 1.79 bits per heavy atom. The Morgan fingerprint density at radius 1 is 1.07 bits per heavy atom. The van der Waals surface area contributed by atoms with E-state index < -0.39 is 0 Å². The molecule has 0 heterocycles. The third-order valence-electron chi connectivity index (χ3n) is 5.15. The maximum atomic E-state index is 12.6. The van der Waals surface area contributed by atoms with Crippen LogP contribution in [0.15, 0.2) is 66.7 Å². The lowest BCUT2D eigenvalue weighted by Gasteiger charge is -2.09. The van der Waals surface area contributed by atoms with E-state index >= 15 is 0 Å². The number of allylic oxidation sites excluding steroid dienone is 1. The van der Waals surface area contributed by atoms with Crippen LogP contribution in [-0.4, -0.2) is 16.8 Å². The van der Waals surface area contributed by atoms with Crippen LogP contribution in [0.4, 0.5) is 0 Å². The van der Waals surface area contributed by atoms with Gasteiger partial charge in [0.15, 0.2) is 0 Å². The molecule has 29 heavy (non-hydrogen) atoms. The highest BCUT2D eigenvalue weighted by Crippen LogP contribution is 2.59. The van der Waals surface area contributed by atoms with Gasteiger partial charge in [-0.3, -0.25) is 9.59 Å². The molecule has 4 nitrogen and oxygen atoms in total. The summed E-state index contributed by atoms with van der Waals surface area (Å²) < 4.78 is 11.4. The number of benzene rings is 2. The Morgan fingerprint density at radius 3 is 2.52 bits per heavy atom. The molecule has 0 radical (unpaired) electrons. The van der Waals surface area contributed by atoms with E-state index in [-0.39, 0.29) is 34.9 Å². The minimum Gasteiger partial charge on any atom is -0.461 e. The quantitative estimate of drug-likeness (QED) is 0.417. The molecule has 0 spiro atoms. The Kier molecular flexibility index (Phi) is 6.80. The van der Waals surface area contributed by atoms with Gasteiger partial charge in [-0.1, -0.05) is 68.9 Å². The summed E-state index contributed by atoms with van der Waals surface area (Å²) in [6.07, 6.45) is 3.43. The fourth-order valence-corrected chi connectivity index (χ4v) is 3.89. The standard InChI is InChI=1S/C24H26O4S/c1-4-29-21(25)14-13-20-22(24(20,2)3)23(26)27-16-17-9-8-12-19(15-17)28-18-10-6-5-7-11-18/h5-15,20,22H,4,16H2,1-3H3/t20-,22-/m0/s1. The van der Waals surface area contributed by atoms with Gasteiger partial charge in [-0.15, -0.1) is 0 Å². The Hall–Kier alpha value is -2.53. The van der Waals surface area contributed by atoms with E-state index in [4.69, 9.17) is 9.47 Å². The van der Waals surface area contributed by atoms with E-state index in [0.717, 1.165) is 17.1 Å². The van der Waals surface area contributed by atoms with Crippen LogP contribution in [0, 0.1) is 17.3 Å². The zero-order valence-electron chi connectivity index (χ0n) is 17.0. The summed E-state index contributed by atoms with van der Waals surface area (Å²) in [6, 6.07) is 17.1. The molecule has 2 aromatic carbocycles. The molecule has 1 aliphatic rings. The molecule has 0 unspecified atom stereocenters. The monoisotopic (exact) mass is 410 g/mol. The molecule has 0 aliphatic heterocycles.